The molecule has 0 saturated carbocycles. The van der Waals surface area contributed by atoms with Crippen molar-refractivity contribution < 1.29 is 14.9 Å². The van der Waals surface area contributed by atoms with Crippen LogP contribution in [-0.4, -0.2) is 22.9 Å². The van der Waals surface area contributed by atoms with Crippen molar-refractivity contribution in [3.8, 4) is 11.5 Å². The highest BCUT2D eigenvalue weighted by Crippen LogP contribution is 2.13. The highest BCUT2D eigenvalue weighted by atomic mass is 16.5. The van der Waals surface area contributed by atoms with Gasteiger partial charge in [-0.1, -0.05) is 6.92 Å². The summed E-state index contributed by atoms with van der Waals surface area (Å²) < 4.78 is 5.19. The first kappa shape index (κ1) is 13.8. The second-order valence-electron chi connectivity index (χ2n) is 3.44. The van der Waals surface area contributed by atoms with Crippen LogP contribution in [0.1, 0.15) is 27.2 Å². The summed E-state index contributed by atoms with van der Waals surface area (Å²) in [6.07, 6.45) is 1.53. The number of benzene rings is 1. The molecule has 0 heterocycles. The zero-order valence-corrected chi connectivity index (χ0v) is 9.60. The van der Waals surface area contributed by atoms with Gasteiger partial charge in [-0.3, -0.25) is 0 Å². The molecular weight excluding hydrogens is 192 g/mol. The number of phenols is 2. The van der Waals surface area contributed by atoms with Gasteiger partial charge in [0.05, 0.1) is 6.10 Å². The van der Waals surface area contributed by atoms with Crippen LogP contribution in [-0.2, 0) is 4.74 Å². The maximum atomic E-state index is 8.65. The van der Waals surface area contributed by atoms with Crippen molar-refractivity contribution in [2.24, 2.45) is 0 Å². The maximum absolute atomic E-state index is 8.65. The molecule has 0 atom stereocenters. The first-order chi connectivity index (χ1) is 7.06. The molecule has 1 aromatic rings. The van der Waals surface area contributed by atoms with Crippen molar-refractivity contribution in [3.63, 3.8) is 0 Å². The van der Waals surface area contributed by atoms with Crippen molar-refractivity contribution >= 4 is 0 Å². The first-order valence-electron chi connectivity index (χ1n) is 5.15. The molecule has 0 radical (unpaired) electrons. The van der Waals surface area contributed by atoms with Crippen molar-refractivity contribution in [2.75, 3.05) is 6.61 Å². The van der Waals surface area contributed by atoms with Crippen LogP contribution < -0.4 is 0 Å². The summed E-state index contributed by atoms with van der Waals surface area (Å²) in [7, 11) is 0. The molecule has 0 aliphatic carbocycles. The Labute approximate surface area is 91.3 Å². The summed E-state index contributed by atoms with van der Waals surface area (Å²) in [6.45, 7) is 7.12. The molecule has 0 aromatic heterocycles. The second kappa shape index (κ2) is 8.12. The van der Waals surface area contributed by atoms with E-state index < -0.39 is 0 Å². The van der Waals surface area contributed by atoms with Gasteiger partial charge in [-0.15, -0.1) is 0 Å². The van der Waals surface area contributed by atoms with Crippen molar-refractivity contribution in [1.82, 2.24) is 0 Å². The molecule has 86 valence electrons. The van der Waals surface area contributed by atoms with E-state index >= 15 is 0 Å². The Kier molecular flexibility index (Phi) is 7.46. The molecule has 2 N–H and O–H groups in total. The van der Waals surface area contributed by atoms with E-state index in [0.717, 1.165) is 13.0 Å². The van der Waals surface area contributed by atoms with Gasteiger partial charge in [0.15, 0.2) is 0 Å². The Balaban J connectivity index is 0.000000265. The van der Waals surface area contributed by atoms with Crippen LogP contribution in [0.4, 0.5) is 0 Å². The first-order valence-corrected chi connectivity index (χ1v) is 5.15. The van der Waals surface area contributed by atoms with Crippen molar-refractivity contribution in [2.45, 2.75) is 33.3 Å². The Morgan fingerprint density at radius 3 is 1.67 bits per heavy atom. The van der Waals surface area contributed by atoms with Crippen LogP contribution in [0.5, 0.6) is 11.5 Å². The minimum Gasteiger partial charge on any atom is -0.508 e. The average molecular weight is 212 g/mol. The van der Waals surface area contributed by atoms with E-state index in [0.29, 0.717) is 6.10 Å². The fourth-order valence-corrected chi connectivity index (χ4v) is 0.806. The fraction of sp³-hybridized carbons (Fsp3) is 0.500. The molecule has 0 spiro atoms. The maximum Gasteiger partial charge on any atom is 0.115 e. The Morgan fingerprint density at radius 1 is 1.07 bits per heavy atom. The topological polar surface area (TPSA) is 49.7 Å². The SMILES string of the molecule is CCCOC(C)C.Oc1ccc(O)cc1. The van der Waals surface area contributed by atoms with Crippen molar-refractivity contribution in [1.29, 1.82) is 0 Å². The summed E-state index contributed by atoms with van der Waals surface area (Å²) in [6, 6.07) is 5.70. The van der Waals surface area contributed by atoms with Crippen LogP contribution in [0.15, 0.2) is 24.3 Å². The zero-order valence-electron chi connectivity index (χ0n) is 9.60. The molecule has 0 saturated heterocycles. The molecule has 0 fully saturated rings. The van der Waals surface area contributed by atoms with Crippen LogP contribution in [0.25, 0.3) is 0 Å². The molecule has 15 heavy (non-hydrogen) atoms. The normalized spacial score (nSPS) is 9.60. The van der Waals surface area contributed by atoms with Crippen LogP contribution in [0.3, 0.4) is 0 Å². The number of phenolic OH excluding ortho intramolecular Hbond substituents is 2. The Bertz CT molecular complexity index is 221. The van der Waals surface area contributed by atoms with Crippen LogP contribution in [0.2, 0.25) is 0 Å². The van der Waals surface area contributed by atoms with Gasteiger partial charge in [-0.2, -0.15) is 0 Å². The van der Waals surface area contributed by atoms with E-state index in [-0.39, 0.29) is 11.5 Å². The number of hydrogen-bond acceptors (Lipinski definition) is 3. The van der Waals surface area contributed by atoms with E-state index in [1.54, 1.807) is 0 Å². The van der Waals surface area contributed by atoms with E-state index in [1.807, 2.05) is 0 Å². The third-order valence-electron chi connectivity index (χ3n) is 1.51. The van der Waals surface area contributed by atoms with E-state index in [2.05, 4.69) is 20.8 Å². The standard InChI is InChI=1S/C6H6O2.C6H14O/c7-5-1-2-6(8)4-3-5;1-4-5-7-6(2)3/h1-4,7-8H;6H,4-5H2,1-3H3. The number of aromatic hydroxyl groups is 2. The smallest absolute Gasteiger partial charge is 0.115 e. The highest BCUT2D eigenvalue weighted by Gasteiger charge is 1.87. The Morgan fingerprint density at radius 2 is 1.47 bits per heavy atom. The third kappa shape index (κ3) is 9.09. The summed E-state index contributed by atoms with van der Waals surface area (Å²) >= 11 is 0. The lowest BCUT2D eigenvalue weighted by atomic mass is 10.3. The van der Waals surface area contributed by atoms with E-state index in [9.17, 15) is 0 Å². The lowest BCUT2D eigenvalue weighted by Crippen LogP contribution is -2.01. The van der Waals surface area contributed by atoms with Gasteiger partial charge in [0.1, 0.15) is 11.5 Å². The zero-order chi connectivity index (χ0) is 11.7. The molecule has 0 aliphatic heterocycles. The van der Waals surface area contributed by atoms with Gasteiger partial charge in [-0.05, 0) is 44.5 Å². The van der Waals surface area contributed by atoms with Gasteiger partial charge in [-0.25, -0.2) is 0 Å². The van der Waals surface area contributed by atoms with Gasteiger partial charge < -0.3 is 14.9 Å². The summed E-state index contributed by atoms with van der Waals surface area (Å²) in [4.78, 5) is 0. The number of hydrogen-bond donors (Lipinski definition) is 2. The van der Waals surface area contributed by atoms with Gasteiger partial charge in [0.25, 0.3) is 0 Å². The predicted octanol–water partition coefficient (Wildman–Crippen LogP) is 2.92. The molecule has 0 bridgehead atoms. The molecule has 3 nitrogen and oxygen atoms in total. The molecule has 0 unspecified atom stereocenters. The Hall–Kier alpha value is -1.22. The number of rotatable bonds is 3. The second-order valence-corrected chi connectivity index (χ2v) is 3.44. The van der Waals surface area contributed by atoms with Gasteiger partial charge in [0.2, 0.25) is 0 Å². The lowest BCUT2D eigenvalue weighted by molar-refractivity contribution is 0.0794. The van der Waals surface area contributed by atoms with E-state index in [4.69, 9.17) is 14.9 Å². The molecule has 0 aliphatic rings. The predicted molar refractivity (Wildman–Crippen MR) is 61.2 cm³/mol. The monoisotopic (exact) mass is 212 g/mol. The van der Waals surface area contributed by atoms with Gasteiger partial charge >= 0.3 is 0 Å². The minimum absolute atomic E-state index is 0.169. The molecular formula is C12H20O3. The highest BCUT2D eigenvalue weighted by molar-refractivity contribution is 5.28. The van der Waals surface area contributed by atoms with Gasteiger partial charge in [0, 0.05) is 6.61 Å². The van der Waals surface area contributed by atoms with E-state index in [1.165, 1.54) is 24.3 Å². The van der Waals surface area contributed by atoms with Crippen LogP contribution in [0, 0.1) is 0 Å². The van der Waals surface area contributed by atoms with Crippen LogP contribution >= 0.6 is 0 Å². The average Bonchev–Trinajstić information content (AvgIpc) is 2.20. The summed E-state index contributed by atoms with van der Waals surface area (Å²) in [5.74, 6) is 0.339. The third-order valence-corrected chi connectivity index (χ3v) is 1.51. The summed E-state index contributed by atoms with van der Waals surface area (Å²) in [5, 5.41) is 17.3. The molecule has 1 aromatic carbocycles. The molecule has 1 rings (SSSR count). The molecule has 3 heteroatoms. The minimum atomic E-state index is 0.169. The number of ether oxygens (including phenoxy) is 1. The summed E-state index contributed by atoms with van der Waals surface area (Å²) in [5.41, 5.74) is 0. The quantitative estimate of drug-likeness (QED) is 0.757. The lowest BCUT2D eigenvalue weighted by Gasteiger charge is -2.03. The largest absolute Gasteiger partial charge is 0.508 e. The fourth-order valence-electron chi connectivity index (χ4n) is 0.806. The molecule has 0 amide bonds. The van der Waals surface area contributed by atoms with Crippen molar-refractivity contribution in [3.05, 3.63) is 24.3 Å².